The van der Waals surface area contributed by atoms with Crippen molar-refractivity contribution in [1.82, 2.24) is 14.8 Å². The van der Waals surface area contributed by atoms with Crippen LogP contribution >= 0.6 is 11.8 Å². The molecule has 0 fully saturated rings. The Kier molecular flexibility index (Phi) is 3.71. The third-order valence-corrected chi connectivity index (χ3v) is 3.53. The van der Waals surface area contributed by atoms with Crippen LogP contribution < -0.4 is 0 Å². The Morgan fingerprint density at radius 2 is 2.33 bits per heavy atom. The van der Waals surface area contributed by atoms with Gasteiger partial charge >= 0.3 is 5.97 Å². The van der Waals surface area contributed by atoms with E-state index < -0.39 is 5.97 Å². The zero-order chi connectivity index (χ0) is 13.1. The van der Waals surface area contributed by atoms with Crippen molar-refractivity contribution in [3.8, 4) is 0 Å². The van der Waals surface area contributed by atoms with Crippen molar-refractivity contribution >= 4 is 17.7 Å². The van der Waals surface area contributed by atoms with Gasteiger partial charge in [0, 0.05) is 7.05 Å². The first-order chi connectivity index (χ1) is 8.61. The van der Waals surface area contributed by atoms with Crippen LogP contribution in [0.4, 0.5) is 0 Å². The summed E-state index contributed by atoms with van der Waals surface area (Å²) in [6.45, 7) is 1.97. The van der Waals surface area contributed by atoms with Crippen molar-refractivity contribution in [2.24, 2.45) is 7.05 Å². The molecule has 2 rings (SSSR count). The van der Waals surface area contributed by atoms with Gasteiger partial charge < -0.3 is 13.7 Å². The molecule has 0 radical (unpaired) electrons. The molecule has 96 valence electrons. The summed E-state index contributed by atoms with van der Waals surface area (Å²) < 4.78 is 11.8. The number of hydrogen-bond acceptors (Lipinski definition) is 6. The summed E-state index contributed by atoms with van der Waals surface area (Å²) in [6.07, 6.45) is 1.64. The molecule has 6 nitrogen and oxygen atoms in total. The number of furan rings is 1. The van der Waals surface area contributed by atoms with Crippen molar-refractivity contribution < 1.29 is 13.9 Å². The maximum Gasteiger partial charge on any atom is 0.373 e. The number of aromatic nitrogens is 3. The van der Waals surface area contributed by atoms with Gasteiger partial charge in [-0.3, -0.25) is 0 Å². The SMILES string of the molecule is COC(=O)c1ccc([C@@H](C)Sc2nncn2C)o1. The number of carbonyl (C=O) groups excluding carboxylic acids is 1. The Hall–Kier alpha value is -1.76. The number of rotatable bonds is 4. The fraction of sp³-hybridized carbons (Fsp3) is 0.364. The van der Waals surface area contributed by atoms with E-state index >= 15 is 0 Å². The lowest BCUT2D eigenvalue weighted by atomic mass is 10.3. The molecule has 0 aromatic carbocycles. The van der Waals surface area contributed by atoms with Gasteiger partial charge in [0.2, 0.25) is 5.76 Å². The van der Waals surface area contributed by atoms with E-state index in [4.69, 9.17) is 4.42 Å². The van der Waals surface area contributed by atoms with Gasteiger partial charge in [-0.1, -0.05) is 11.8 Å². The summed E-state index contributed by atoms with van der Waals surface area (Å²) >= 11 is 1.51. The van der Waals surface area contributed by atoms with Crippen molar-refractivity contribution in [1.29, 1.82) is 0 Å². The van der Waals surface area contributed by atoms with E-state index in [1.165, 1.54) is 18.9 Å². The van der Waals surface area contributed by atoms with E-state index in [0.29, 0.717) is 5.76 Å². The summed E-state index contributed by atoms with van der Waals surface area (Å²) in [5, 5.41) is 8.61. The number of thioether (sulfide) groups is 1. The molecule has 2 heterocycles. The second kappa shape index (κ2) is 5.26. The Balaban J connectivity index is 2.10. The minimum absolute atomic E-state index is 0.0336. The molecular formula is C11H13N3O3S. The van der Waals surface area contributed by atoms with Crippen molar-refractivity contribution in [3.05, 3.63) is 30.0 Å². The van der Waals surface area contributed by atoms with Gasteiger partial charge in [-0.25, -0.2) is 4.79 Å². The molecule has 0 unspecified atom stereocenters. The lowest BCUT2D eigenvalue weighted by Gasteiger charge is -2.06. The number of carbonyl (C=O) groups is 1. The van der Waals surface area contributed by atoms with Crippen LogP contribution in [0.5, 0.6) is 0 Å². The molecule has 2 aromatic rings. The third-order valence-electron chi connectivity index (χ3n) is 2.37. The van der Waals surface area contributed by atoms with Gasteiger partial charge in [-0.05, 0) is 19.1 Å². The lowest BCUT2D eigenvalue weighted by molar-refractivity contribution is 0.0563. The third kappa shape index (κ3) is 2.56. The first-order valence-corrected chi connectivity index (χ1v) is 6.18. The van der Waals surface area contributed by atoms with Crippen molar-refractivity contribution in [3.63, 3.8) is 0 Å². The van der Waals surface area contributed by atoms with Crippen LogP contribution in [0.1, 0.15) is 28.5 Å². The highest BCUT2D eigenvalue weighted by molar-refractivity contribution is 7.99. The van der Waals surface area contributed by atoms with Gasteiger partial charge in [0.1, 0.15) is 12.1 Å². The predicted octanol–water partition coefficient (Wildman–Crippen LogP) is 2.05. The van der Waals surface area contributed by atoms with E-state index in [1.54, 1.807) is 18.5 Å². The van der Waals surface area contributed by atoms with Crippen LogP contribution in [0.2, 0.25) is 0 Å². The molecule has 0 amide bonds. The standard InChI is InChI=1S/C11H13N3O3S/c1-7(18-11-13-12-6-14(11)2)8-4-5-9(17-8)10(15)16-3/h4-7H,1-3H3/t7-/m1/s1. The second-order valence-corrected chi connectivity index (χ2v) is 4.99. The molecule has 0 aliphatic heterocycles. The maximum atomic E-state index is 11.3. The number of hydrogen-bond donors (Lipinski definition) is 0. The van der Waals surface area contributed by atoms with E-state index in [1.807, 2.05) is 18.5 Å². The maximum absolute atomic E-state index is 11.3. The smallest absolute Gasteiger partial charge is 0.373 e. The van der Waals surface area contributed by atoms with Gasteiger partial charge in [0.15, 0.2) is 5.16 Å². The number of nitrogens with zero attached hydrogens (tertiary/aromatic N) is 3. The Morgan fingerprint density at radius 1 is 1.56 bits per heavy atom. The van der Waals surface area contributed by atoms with Gasteiger partial charge in [0.05, 0.1) is 12.4 Å². The van der Waals surface area contributed by atoms with Gasteiger partial charge in [-0.2, -0.15) is 0 Å². The number of aryl methyl sites for hydroxylation is 1. The van der Waals surface area contributed by atoms with Gasteiger partial charge in [-0.15, -0.1) is 10.2 Å². The molecule has 0 saturated carbocycles. The van der Waals surface area contributed by atoms with E-state index in [-0.39, 0.29) is 11.0 Å². The highest BCUT2D eigenvalue weighted by Crippen LogP contribution is 2.34. The van der Waals surface area contributed by atoms with Crippen LogP contribution in [0.25, 0.3) is 0 Å². The molecule has 0 bridgehead atoms. The molecule has 1 atom stereocenters. The minimum Gasteiger partial charge on any atom is -0.463 e. The number of ether oxygens (including phenoxy) is 1. The molecular weight excluding hydrogens is 254 g/mol. The number of esters is 1. The quantitative estimate of drug-likeness (QED) is 0.623. The zero-order valence-corrected chi connectivity index (χ0v) is 11.1. The lowest BCUT2D eigenvalue weighted by Crippen LogP contribution is -1.98. The highest BCUT2D eigenvalue weighted by Gasteiger charge is 2.17. The largest absolute Gasteiger partial charge is 0.463 e. The Labute approximate surface area is 108 Å². The van der Waals surface area contributed by atoms with Crippen LogP contribution in [0.3, 0.4) is 0 Å². The molecule has 0 aliphatic carbocycles. The topological polar surface area (TPSA) is 70.2 Å². The van der Waals surface area contributed by atoms with Crippen LogP contribution in [0.15, 0.2) is 28.0 Å². The Bertz CT molecular complexity index is 549. The zero-order valence-electron chi connectivity index (χ0n) is 10.3. The van der Waals surface area contributed by atoms with Crippen LogP contribution in [-0.4, -0.2) is 27.8 Å². The van der Waals surface area contributed by atoms with Crippen molar-refractivity contribution in [2.45, 2.75) is 17.3 Å². The van der Waals surface area contributed by atoms with E-state index in [0.717, 1.165) is 5.16 Å². The summed E-state index contributed by atoms with van der Waals surface area (Å²) in [5.74, 6) is 0.429. The van der Waals surface area contributed by atoms with E-state index in [9.17, 15) is 4.79 Å². The average molecular weight is 267 g/mol. The summed E-state index contributed by atoms with van der Waals surface area (Å²) in [7, 11) is 3.19. The van der Waals surface area contributed by atoms with Crippen LogP contribution in [-0.2, 0) is 11.8 Å². The molecule has 0 saturated heterocycles. The first kappa shape index (κ1) is 12.7. The van der Waals surface area contributed by atoms with E-state index in [2.05, 4.69) is 14.9 Å². The molecule has 7 heteroatoms. The Morgan fingerprint density at radius 3 is 2.94 bits per heavy atom. The average Bonchev–Trinajstić information content (AvgIpc) is 2.98. The van der Waals surface area contributed by atoms with Crippen molar-refractivity contribution in [2.75, 3.05) is 7.11 Å². The summed E-state index contributed by atoms with van der Waals surface area (Å²) in [5.41, 5.74) is 0. The first-order valence-electron chi connectivity index (χ1n) is 5.30. The normalized spacial score (nSPS) is 12.4. The van der Waals surface area contributed by atoms with Crippen LogP contribution in [0, 0.1) is 0 Å². The molecule has 18 heavy (non-hydrogen) atoms. The van der Waals surface area contributed by atoms with Gasteiger partial charge in [0.25, 0.3) is 0 Å². The minimum atomic E-state index is -0.475. The monoisotopic (exact) mass is 267 g/mol. The molecule has 0 aliphatic rings. The summed E-state index contributed by atoms with van der Waals surface area (Å²) in [4.78, 5) is 11.3. The summed E-state index contributed by atoms with van der Waals surface area (Å²) in [6, 6.07) is 3.37. The number of methoxy groups -OCH3 is 1. The second-order valence-electron chi connectivity index (χ2n) is 3.68. The predicted molar refractivity (Wildman–Crippen MR) is 65.3 cm³/mol. The fourth-order valence-electron chi connectivity index (χ4n) is 1.38. The molecule has 0 N–H and O–H groups in total. The highest BCUT2D eigenvalue weighted by atomic mass is 32.2. The fourth-order valence-corrected chi connectivity index (χ4v) is 2.24. The molecule has 2 aromatic heterocycles. The molecule has 0 spiro atoms.